The number of nitrogens with zero attached hydrogens (tertiary/aromatic N) is 3. The van der Waals surface area contributed by atoms with E-state index in [4.69, 9.17) is 0 Å². The van der Waals surface area contributed by atoms with Crippen LogP contribution in [0.25, 0.3) is 0 Å². The molecule has 0 spiro atoms. The van der Waals surface area contributed by atoms with Gasteiger partial charge >= 0.3 is 0 Å². The molecule has 126 valence electrons. The maximum Gasteiger partial charge on any atom is 0.285 e. The van der Waals surface area contributed by atoms with Crippen LogP contribution < -0.4 is 0 Å². The molecule has 0 aliphatic carbocycles. The highest BCUT2D eigenvalue weighted by atomic mass is 19.1. The maximum atomic E-state index is 13.2. The highest BCUT2D eigenvalue weighted by Crippen LogP contribution is 2.22. The van der Waals surface area contributed by atoms with E-state index in [9.17, 15) is 24.4 Å². The number of rotatable bonds is 5. The molecule has 0 saturated carbocycles. The van der Waals surface area contributed by atoms with Crippen molar-refractivity contribution < 1.29 is 19.2 Å². The van der Waals surface area contributed by atoms with Crippen molar-refractivity contribution in [3.63, 3.8) is 0 Å². The van der Waals surface area contributed by atoms with Crippen LogP contribution >= 0.6 is 0 Å². The number of hydrogen-bond donors (Lipinski definition) is 1. The van der Waals surface area contributed by atoms with Crippen molar-refractivity contribution in [1.82, 2.24) is 9.80 Å². The van der Waals surface area contributed by atoms with Gasteiger partial charge in [-0.1, -0.05) is 6.92 Å². The molecule has 1 aromatic carbocycles. The lowest BCUT2D eigenvalue weighted by molar-refractivity contribution is -0.385. The molecule has 2 rings (SSSR count). The second kappa shape index (κ2) is 7.47. The van der Waals surface area contributed by atoms with Gasteiger partial charge in [0.25, 0.3) is 11.6 Å². The van der Waals surface area contributed by atoms with Crippen LogP contribution in [0.3, 0.4) is 0 Å². The number of nitro groups is 1. The molecule has 0 radical (unpaired) electrons. The molecule has 1 fully saturated rings. The van der Waals surface area contributed by atoms with Crippen molar-refractivity contribution in [1.29, 1.82) is 0 Å². The predicted octanol–water partition coefficient (Wildman–Crippen LogP) is 1.26. The van der Waals surface area contributed by atoms with E-state index in [1.54, 1.807) is 0 Å². The molecule has 23 heavy (non-hydrogen) atoms. The Bertz CT molecular complexity index is 584. The van der Waals surface area contributed by atoms with Gasteiger partial charge in [-0.3, -0.25) is 19.8 Å². The summed E-state index contributed by atoms with van der Waals surface area (Å²) in [6.07, 6.45) is 0.813. The molecule has 1 amide bonds. The summed E-state index contributed by atoms with van der Waals surface area (Å²) in [5, 5.41) is 20.3. The summed E-state index contributed by atoms with van der Waals surface area (Å²) in [5.74, 6) is -1.21. The minimum Gasteiger partial charge on any atom is -0.395 e. The third-order valence-electron chi connectivity index (χ3n) is 4.19. The van der Waals surface area contributed by atoms with E-state index in [0.29, 0.717) is 26.2 Å². The molecular weight excluding hydrogens is 305 g/mol. The molecule has 1 aliphatic rings. The summed E-state index contributed by atoms with van der Waals surface area (Å²) in [5.41, 5.74) is -0.613. The molecule has 1 aliphatic heterocycles. The molecule has 8 heteroatoms. The van der Waals surface area contributed by atoms with E-state index in [2.05, 4.69) is 4.90 Å². The quantitative estimate of drug-likeness (QED) is 0.650. The number of hydrogen-bond acceptors (Lipinski definition) is 5. The van der Waals surface area contributed by atoms with E-state index in [1.165, 1.54) is 4.90 Å². The Balaban J connectivity index is 2.10. The Morgan fingerprint density at radius 2 is 2.04 bits per heavy atom. The average molecular weight is 325 g/mol. The van der Waals surface area contributed by atoms with Gasteiger partial charge in [0.1, 0.15) is 11.4 Å². The number of aliphatic hydroxyl groups is 1. The summed E-state index contributed by atoms with van der Waals surface area (Å²) in [4.78, 5) is 26.4. The van der Waals surface area contributed by atoms with E-state index in [1.807, 2.05) is 6.92 Å². The van der Waals surface area contributed by atoms with Crippen molar-refractivity contribution in [2.24, 2.45) is 0 Å². The molecule has 1 unspecified atom stereocenters. The second-order valence-electron chi connectivity index (χ2n) is 5.49. The first-order chi connectivity index (χ1) is 11.0. The lowest BCUT2D eigenvalue weighted by atomic mass is 10.1. The van der Waals surface area contributed by atoms with Gasteiger partial charge in [0, 0.05) is 32.2 Å². The first kappa shape index (κ1) is 17.3. The third kappa shape index (κ3) is 3.83. The van der Waals surface area contributed by atoms with Crippen LogP contribution in [0.5, 0.6) is 0 Å². The van der Waals surface area contributed by atoms with E-state index < -0.39 is 22.3 Å². The Morgan fingerprint density at radius 3 is 2.57 bits per heavy atom. The Labute approximate surface area is 133 Å². The number of halogens is 1. The van der Waals surface area contributed by atoms with Crippen LogP contribution in [0.4, 0.5) is 10.1 Å². The van der Waals surface area contributed by atoms with Crippen LogP contribution in [0.2, 0.25) is 0 Å². The normalized spacial score (nSPS) is 17.1. The lowest BCUT2D eigenvalue weighted by Crippen LogP contribution is -2.52. The van der Waals surface area contributed by atoms with E-state index in [0.717, 1.165) is 24.6 Å². The molecule has 7 nitrogen and oxygen atoms in total. The lowest BCUT2D eigenvalue weighted by Gasteiger charge is -2.38. The zero-order valence-corrected chi connectivity index (χ0v) is 12.9. The topological polar surface area (TPSA) is 86.9 Å². The Kier molecular flexibility index (Phi) is 5.62. The van der Waals surface area contributed by atoms with Gasteiger partial charge in [-0.25, -0.2) is 4.39 Å². The predicted molar refractivity (Wildman–Crippen MR) is 81.7 cm³/mol. The number of aliphatic hydroxyl groups excluding tert-OH is 1. The number of amides is 1. The monoisotopic (exact) mass is 325 g/mol. The van der Waals surface area contributed by atoms with E-state index >= 15 is 0 Å². The first-order valence-electron chi connectivity index (χ1n) is 7.56. The smallest absolute Gasteiger partial charge is 0.285 e. The minimum absolute atomic E-state index is 0.0624. The van der Waals surface area contributed by atoms with Crippen LogP contribution in [0.15, 0.2) is 18.2 Å². The molecule has 1 aromatic rings. The summed E-state index contributed by atoms with van der Waals surface area (Å²) in [6, 6.07) is 3.04. The fourth-order valence-corrected chi connectivity index (χ4v) is 2.80. The van der Waals surface area contributed by atoms with Crippen LogP contribution in [-0.2, 0) is 0 Å². The van der Waals surface area contributed by atoms with E-state index in [-0.39, 0.29) is 18.2 Å². The van der Waals surface area contributed by atoms with Crippen molar-refractivity contribution in [3.8, 4) is 0 Å². The zero-order valence-electron chi connectivity index (χ0n) is 12.9. The maximum absolute atomic E-state index is 13.2. The standard InChI is InChI=1S/C15H20FN3O4/c1-2-12(10-20)17-5-7-18(8-6-17)15(21)13-4-3-11(16)9-14(13)19(22)23/h3-4,9,12,20H,2,5-8,10H2,1H3. The van der Waals surface area contributed by atoms with Crippen LogP contribution in [-0.4, -0.2) is 64.6 Å². The van der Waals surface area contributed by atoms with Crippen LogP contribution in [0.1, 0.15) is 23.7 Å². The molecule has 1 N–H and O–H groups in total. The van der Waals surface area contributed by atoms with Gasteiger partial charge in [-0.05, 0) is 18.6 Å². The summed E-state index contributed by atoms with van der Waals surface area (Å²) >= 11 is 0. The third-order valence-corrected chi connectivity index (χ3v) is 4.19. The highest BCUT2D eigenvalue weighted by Gasteiger charge is 2.29. The second-order valence-corrected chi connectivity index (χ2v) is 5.49. The van der Waals surface area contributed by atoms with Gasteiger partial charge in [-0.2, -0.15) is 0 Å². The van der Waals surface area contributed by atoms with Crippen molar-refractivity contribution in [2.75, 3.05) is 32.8 Å². The molecule has 1 atom stereocenters. The highest BCUT2D eigenvalue weighted by molar-refractivity contribution is 5.98. The van der Waals surface area contributed by atoms with Gasteiger partial charge in [-0.15, -0.1) is 0 Å². The first-order valence-corrected chi connectivity index (χ1v) is 7.56. The van der Waals surface area contributed by atoms with Crippen molar-refractivity contribution in [3.05, 3.63) is 39.7 Å². The van der Waals surface area contributed by atoms with Crippen molar-refractivity contribution >= 4 is 11.6 Å². The number of piperazine rings is 1. The molecule has 1 saturated heterocycles. The Hall–Kier alpha value is -2.06. The molecule has 0 aromatic heterocycles. The number of benzene rings is 1. The van der Waals surface area contributed by atoms with Gasteiger partial charge in [0.2, 0.25) is 0 Å². The molecular formula is C15H20FN3O4. The van der Waals surface area contributed by atoms with Crippen LogP contribution in [0, 0.1) is 15.9 Å². The molecule has 0 bridgehead atoms. The number of carbonyl (C=O) groups excluding carboxylic acids is 1. The van der Waals surface area contributed by atoms with Gasteiger partial charge in [0.05, 0.1) is 17.6 Å². The Morgan fingerprint density at radius 1 is 1.39 bits per heavy atom. The summed E-state index contributed by atoms with van der Waals surface area (Å²) in [7, 11) is 0. The zero-order chi connectivity index (χ0) is 17.0. The molecule has 1 heterocycles. The largest absolute Gasteiger partial charge is 0.395 e. The fraction of sp³-hybridized carbons (Fsp3) is 0.533. The fourth-order valence-electron chi connectivity index (χ4n) is 2.80. The minimum atomic E-state index is -0.745. The summed E-state index contributed by atoms with van der Waals surface area (Å²) < 4.78 is 13.2. The number of carbonyl (C=O) groups is 1. The van der Waals surface area contributed by atoms with Crippen molar-refractivity contribution in [2.45, 2.75) is 19.4 Å². The summed E-state index contributed by atoms with van der Waals surface area (Å²) in [6.45, 7) is 4.08. The van der Waals surface area contributed by atoms with Gasteiger partial charge in [0.15, 0.2) is 0 Å². The number of nitro benzene ring substituents is 1. The van der Waals surface area contributed by atoms with Gasteiger partial charge < -0.3 is 10.0 Å². The average Bonchev–Trinajstić information content (AvgIpc) is 2.56. The SMILES string of the molecule is CCC(CO)N1CCN(C(=O)c2ccc(F)cc2[N+](=O)[O-])CC1.